The van der Waals surface area contributed by atoms with Gasteiger partial charge < -0.3 is 4.74 Å². The second kappa shape index (κ2) is 10.0. The molecular formula is C25H32F2O. The molecule has 0 amide bonds. The minimum atomic E-state index is -0.934. The normalized spacial score (nSPS) is 25.5. The van der Waals surface area contributed by atoms with E-state index < -0.39 is 11.6 Å². The van der Waals surface area contributed by atoms with Crippen molar-refractivity contribution in [2.24, 2.45) is 17.8 Å². The minimum Gasteiger partial charge on any atom is -0.462 e. The van der Waals surface area contributed by atoms with Gasteiger partial charge in [-0.3, -0.25) is 0 Å². The molecule has 1 saturated carbocycles. The van der Waals surface area contributed by atoms with Crippen LogP contribution in [-0.2, 0) is 0 Å². The van der Waals surface area contributed by atoms with Crippen LogP contribution in [0.5, 0.6) is 5.75 Å². The fraction of sp³-hybridized carbons (Fsp3) is 0.520. The van der Waals surface area contributed by atoms with E-state index in [1.165, 1.54) is 44.6 Å². The maximum absolute atomic E-state index is 14.5. The minimum absolute atomic E-state index is 0.114. The van der Waals surface area contributed by atoms with Crippen LogP contribution in [0.15, 0.2) is 43.2 Å². The monoisotopic (exact) mass is 386 g/mol. The van der Waals surface area contributed by atoms with Gasteiger partial charge in [-0.2, -0.15) is 4.39 Å². The second-order valence-electron chi connectivity index (χ2n) is 8.21. The van der Waals surface area contributed by atoms with E-state index in [-0.39, 0.29) is 5.75 Å². The van der Waals surface area contributed by atoms with Gasteiger partial charge in [-0.25, -0.2) is 4.39 Å². The Labute approximate surface area is 168 Å². The van der Waals surface area contributed by atoms with Gasteiger partial charge in [-0.15, -0.1) is 0 Å². The summed E-state index contributed by atoms with van der Waals surface area (Å²) in [5.41, 5.74) is 1.30. The molecule has 28 heavy (non-hydrogen) atoms. The maximum atomic E-state index is 14.5. The van der Waals surface area contributed by atoms with Crippen LogP contribution in [-0.4, -0.2) is 0 Å². The topological polar surface area (TPSA) is 9.23 Å². The first-order valence-corrected chi connectivity index (χ1v) is 10.7. The van der Waals surface area contributed by atoms with Crippen molar-refractivity contribution in [2.45, 2.75) is 64.7 Å². The summed E-state index contributed by atoms with van der Waals surface area (Å²) in [4.78, 5) is 0. The van der Waals surface area contributed by atoms with Gasteiger partial charge in [0, 0.05) is 5.56 Å². The Morgan fingerprint density at radius 1 is 1.07 bits per heavy atom. The molecule has 1 unspecified atom stereocenters. The molecule has 1 aromatic rings. The van der Waals surface area contributed by atoms with E-state index in [0.29, 0.717) is 11.5 Å². The smallest absolute Gasteiger partial charge is 0.201 e. The summed E-state index contributed by atoms with van der Waals surface area (Å²) in [5, 5.41) is 0. The van der Waals surface area contributed by atoms with E-state index in [1.807, 2.05) is 0 Å². The molecule has 0 aliphatic heterocycles. The first-order valence-electron chi connectivity index (χ1n) is 10.7. The van der Waals surface area contributed by atoms with Crippen LogP contribution in [0.1, 0.15) is 70.3 Å². The summed E-state index contributed by atoms with van der Waals surface area (Å²) in [6.45, 7) is 5.48. The maximum Gasteiger partial charge on any atom is 0.201 e. The lowest BCUT2D eigenvalue weighted by molar-refractivity contribution is 0.190. The van der Waals surface area contributed by atoms with Crippen LogP contribution in [0.3, 0.4) is 0 Å². The largest absolute Gasteiger partial charge is 0.462 e. The number of ether oxygens (including phenoxy) is 1. The summed E-state index contributed by atoms with van der Waals surface area (Å²) in [7, 11) is 0. The SMILES string of the molecule is C=COc1ccc(C2=CCC(C3CCC(CC/C=C/C)CC3)CC2)c(F)c1F. The third kappa shape index (κ3) is 4.92. The highest BCUT2D eigenvalue weighted by atomic mass is 19.2. The highest BCUT2D eigenvalue weighted by Gasteiger charge is 2.29. The Hall–Kier alpha value is -1.90. The van der Waals surface area contributed by atoms with Gasteiger partial charge in [0.1, 0.15) is 0 Å². The van der Waals surface area contributed by atoms with Crippen molar-refractivity contribution >= 4 is 5.57 Å². The van der Waals surface area contributed by atoms with E-state index in [1.54, 1.807) is 6.07 Å². The van der Waals surface area contributed by atoms with Gasteiger partial charge in [-0.1, -0.05) is 37.6 Å². The fourth-order valence-electron chi connectivity index (χ4n) is 4.93. The van der Waals surface area contributed by atoms with Crippen LogP contribution >= 0.6 is 0 Å². The predicted octanol–water partition coefficient (Wildman–Crippen LogP) is 7.83. The van der Waals surface area contributed by atoms with Crippen molar-refractivity contribution < 1.29 is 13.5 Å². The number of hydrogen-bond donors (Lipinski definition) is 0. The second-order valence-corrected chi connectivity index (χ2v) is 8.21. The van der Waals surface area contributed by atoms with Crippen LogP contribution in [0, 0.1) is 29.4 Å². The number of halogens is 2. The van der Waals surface area contributed by atoms with Crippen molar-refractivity contribution in [3.05, 3.63) is 60.4 Å². The molecule has 0 aromatic heterocycles. The summed E-state index contributed by atoms with van der Waals surface area (Å²) in [6.07, 6.45) is 18.4. The standard InChI is InChI=1S/C25H32F2O/c1-3-5-6-7-18-8-10-19(11-9-18)20-12-14-21(15-13-20)22-16-17-23(28-4-2)25(27)24(22)26/h3-5,14,16-20H,2,6-13,15H2,1H3/b5-3+. The molecule has 1 nitrogen and oxygen atoms in total. The molecule has 2 aliphatic rings. The Kier molecular flexibility index (Phi) is 7.47. The molecule has 1 atom stereocenters. The zero-order valence-corrected chi connectivity index (χ0v) is 16.9. The third-order valence-corrected chi connectivity index (χ3v) is 6.59. The van der Waals surface area contributed by atoms with Crippen LogP contribution in [0.4, 0.5) is 8.78 Å². The fourth-order valence-corrected chi connectivity index (χ4v) is 4.93. The molecule has 1 aromatic carbocycles. The highest BCUT2D eigenvalue weighted by molar-refractivity contribution is 5.67. The van der Waals surface area contributed by atoms with Gasteiger partial charge in [0.25, 0.3) is 0 Å². The summed E-state index contributed by atoms with van der Waals surface area (Å²) in [5.74, 6) is 0.506. The van der Waals surface area contributed by atoms with E-state index in [9.17, 15) is 8.78 Å². The number of hydrogen-bond acceptors (Lipinski definition) is 1. The van der Waals surface area contributed by atoms with Crippen LogP contribution in [0.25, 0.3) is 5.57 Å². The van der Waals surface area contributed by atoms with E-state index in [2.05, 4.69) is 31.7 Å². The van der Waals surface area contributed by atoms with E-state index in [4.69, 9.17) is 4.74 Å². The quantitative estimate of drug-likeness (QED) is 0.343. The van der Waals surface area contributed by atoms with Crippen molar-refractivity contribution in [2.75, 3.05) is 0 Å². The molecule has 0 spiro atoms. The third-order valence-electron chi connectivity index (χ3n) is 6.59. The lowest BCUT2D eigenvalue weighted by atomic mass is 9.70. The first kappa shape index (κ1) is 20.8. The molecule has 1 fully saturated rings. The Morgan fingerprint density at radius 2 is 1.86 bits per heavy atom. The number of allylic oxidation sites excluding steroid dienone is 4. The average molecular weight is 387 g/mol. The lowest BCUT2D eigenvalue weighted by Gasteiger charge is -2.35. The molecule has 3 heteroatoms. The number of benzene rings is 1. The van der Waals surface area contributed by atoms with Crippen LogP contribution in [0.2, 0.25) is 0 Å². The Balaban J connectivity index is 1.57. The van der Waals surface area contributed by atoms with E-state index in [0.717, 1.165) is 42.9 Å². The Morgan fingerprint density at radius 3 is 2.50 bits per heavy atom. The zero-order chi connectivity index (χ0) is 19.9. The Bertz CT molecular complexity index is 726. The highest BCUT2D eigenvalue weighted by Crippen LogP contribution is 2.42. The molecule has 3 rings (SSSR count). The molecule has 0 saturated heterocycles. The van der Waals surface area contributed by atoms with Gasteiger partial charge in [0.15, 0.2) is 11.6 Å². The van der Waals surface area contributed by atoms with Crippen molar-refractivity contribution in [3.63, 3.8) is 0 Å². The van der Waals surface area contributed by atoms with Gasteiger partial charge in [0.2, 0.25) is 5.82 Å². The molecule has 2 aliphatic carbocycles. The van der Waals surface area contributed by atoms with Crippen molar-refractivity contribution in [1.82, 2.24) is 0 Å². The lowest BCUT2D eigenvalue weighted by Crippen LogP contribution is -2.23. The van der Waals surface area contributed by atoms with Gasteiger partial charge >= 0.3 is 0 Å². The summed E-state index contributed by atoms with van der Waals surface area (Å²) in [6, 6.07) is 3.11. The molecular weight excluding hydrogens is 354 g/mol. The molecule has 152 valence electrons. The van der Waals surface area contributed by atoms with Gasteiger partial charge in [0.05, 0.1) is 6.26 Å². The molecule has 0 N–H and O–H groups in total. The first-order chi connectivity index (χ1) is 13.6. The van der Waals surface area contributed by atoms with Crippen molar-refractivity contribution in [1.29, 1.82) is 0 Å². The molecule has 0 radical (unpaired) electrons. The van der Waals surface area contributed by atoms with E-state index >= 15 is 0 Å². The number of rotatable bonds is 7. The summed E-state index contributed by atoms with van der Waals surface area (Å²) < 4.78 is 33.5. The summed E-state index contributed by atoms with van der Waals surface area (Å²) >= 11 is 0. The molecule has 0 bridgehead atoms. The molecule has 0 heterocycles. The van der Waals surface area contributed by atoms with Crippen LogP contribution < -0.4 is 4.74 Å². The van der Waals surface area contributed by atoms with Gasteiger partial charge in [-0.05, 0) is 87.3 Å². The zero-order valence-electron chi connectivity index (χ0n) is 16.9. The van der Waals surface area contributed by atoms with Crippen molar-refractivity contribution in [3.8, 4) is 5.75 Å². The predicted molar refractivity (Wildman–Crippen MR) is 112 cm³/mol. The average Bonchev–Trinajstić information content (AvgIpc) is 2.73.